The van der Waals surface area contributed by atoms with Gasteiger partial charge in [0.2, 0.25) is 0 Å². The summed E-state index contributed by atoms with van der Waals surface area (Å²) < 4.78 is 3.58. The van der Waals surface area contributed by atoms with Crippen LogP contribution < -0.4 is 0 Å². The lowest BCUT2D eigenvalue weighted by Crippen LogP contribution is -1.86. The lowest BCUT2D eigenvalue weighted by atomic mass is 10.4. The van der Waals surface area contributed by atoms with Gasteiger partial charge in [-0.25, -0.2) is 0 Å². The summed E-state index contributed by atoms with van der Waals surface area (Å²) in [5.74, 6) is 0. The monoisotopic (exact) mass is 256 g/mol. The zero-order valence-corrected chi connectivity index (χ0v) is 9.50. The Bertz CT molecular complexity index is 83.4. The molecule has 68 valence electrons. The maximum atomic E-state index is 5.08. The van der Waals surface area contributed by atoms with E-state index in [9.17, 15) is 0 Å². The molecular weight excluding hydrogens is 250 g/mol. The SMILES string of the molecule is C1CCOC1.ClSC(Cl)(Cl)Cl. The van der Waals surface area contributed by atoms with Gasteiger partial charge < -0.3 is 4.74 Å². The van der Waals surface area contributed by atoms with Crippen LogP contribution in [0.5, 0.6) is 0 Å². The smallest absolute Gasteiger partial charge is 0.251 e. The van der Waals surface area contributed by atoms with Crippen LogP contribution in [0.15, 0.2) is 0 Å². The Balaban J connectivity index is 0.000000183. The molecule has 6 heteroatoms. The Labute approximate surface area is 90.2 Å². The maximum Gasteiger partial charge on any atom is 0.251 e. The van der Waals surface area contributed by atoms with Gasteiger partial charge in [-0.2, -0.15) is 0 Å². The molecule has 0 aromatic heterocycles. The van der Waals surface area contributed by atoms with E-state index in [2.05, 4.69) is 0 Å². The predicted molar refractivity (Wildman–Crippen MR) is 53.8 cm³/mol. The van der Waals surface area contributed by atoms with Crippen molar-refractivity contribution in [2.75, 3.05) is 13.2 Å². The van der Waals surface area contributed by atoms with Gasteiger partial charge in [-0.1, -0.05) is 34.8 Å². The fourth-order valence-electron chi connectivity index (χ4n) is 0.510. The Kier molecular flexibility index (Phi) is 7.86. The van der Waals surface area contributed by atoms with E-state index in [4.69, 9.17) is 50.2 Å². The standard InChI is InChI=1S/C4H8O.CCl4S/c1-2-4-5-3-1;2-1(3,4)6-5/h1-4H2;. The van der Waals surface area contributed by atoms with Crippen LogP contribution in [-0.2, 0) is 4.74 Å². The Morgan fingerprint density at radius 3 is 1.55 bits per heavy atom. The first-order chi connectivity index (χ1) is 5.06. The Morgan fingerprint density at radius 1 is 1.09 bits per heavy atom. The van der Waals surface area contributed by atoms with Crippen molar-refractivity contribution in [3.63, 3.8) is 0 Å². The largest absolute Gasteiger partial charge is 0.381 e. The highest BCUT2D eigenvalue weighted by Crippen LogP contribution is 2.40. The third-order valence-electron chi connectivity index (χ3n) is 0.915. The van der Waals surface area contributed by atoms with Crippen LogP contribution in [0.4, 0.5) is 0 Å². The number of alkyl halides is 3. The fraction of sp³-hybridized carbons (Fsp3) is 1.00. The summed E-state index contributed by atoms with van der Waals surface area (Å²) in [7, 11) is 5.65. The fourth-order valence-corrected chi connectivity index (χ4v) is 0.510. The molecule has 0 N–H and O–H groups in total. The second kappa shape index (κ2) is 6.93. The number of hydrogen-bond acceptors (Lipinski definition) is 2. The van der Waals surface area contributed by atoms with Crippen molar-refractivity contribution in [1.29, 1.82) is 0 Å². The molecule has 0 amide bonds. The molecule has 1 heterocycles. The van der Waals surface area contributed by atoms with E-state index in [0.717, 1.165) is 13.2 Å². The molecule has 1 fully saturated rings. The van der Waals surface area contributed by atoms with Crippen molar-refractivity contribution in [2.24, 2.45) is 0 Å². The van der Waals surface area contributed by atoms with Gasteiger partial charge in [-0.3, -0.25) is 0 Å². The van der Waals surface area contributed by atoms with Crippen LogP contribution in [0, 0.1) is 0 Å². The summed E-state index contributed by atoms with van der Waals surface area (Å²) in [6.45, 7) is 2.00. The Morgan fingerprint density at radius 2 is 1.45 bits per heavy atom. The van der Waals surface area contributed by atoms with Crippen LogP contribution in [0.1, 0.15) is 12.8 Å². The van der Waals surface area contributed by atoms with Gasteiger partial charge in [0, 0.05) is 24.2 Å². The minimum Gasteiger partial charge on any atom is -0.381 e. The van der Waals surface area contributed by atoms with E-state index in [1.807, 2.05) is 0 Å². The molecule has 0 bridgehead atoms. The zero-order chi connectivity index (χ0) is 8.74. The molecule has 1 aliphatic heterocycles. The van der Waals surface area contributed by atoms with Gasteiger partial charge in [-0.15, -0.1) is 0 Å². The summed E-state index contributed by atoms with van der Waals surface area (Å²) >= 11 is 15.2. The molecule has 0 aromatic carbocycles. The van der Waals surface area contributed by atoms with E-state index in [1.165, 1.54) is 12.8 Å². The van der Waals surface area contributed by atoms with E-state index in [-0.39, 0.29) is 0 Å². The number of ether oxygens (including phenoxy) is 1. The van der Waals surface area contributed by atoms with E-state index in [0.29, 0.717) is 11.0 Å². The van der Waals surface area contributed by atoms with Crippen LogP contribution >= 0.6 is 56.5 Å². The third kappa shape index (κ3) is 11.5. The van der Waals surface area contributed by atoms with Gasteiger partial charge in [0.25, 0.3) is 3.12 Å². The van der Waals surface area contributed by atoms with Gasteiger partial charge in [0.05, 0.1) is 0 Å². The molecule has 0 unspecified atom stereocenters. The van der Waals surface area contributed by atoms with Crippen molar-refractivity contribution in [3.05, 3.63) is 0 Å². The molecule has 0 aliphatic carbocycles. The lowest BCUT2D eigenvalue weighted by molar-refractivity contribution is 0.198. The predicted octanol–water partition coefficient (Wildman–Crippen LogP) is 4.00. The number of rotatable bonds is 0. The van der Waals surface area contributed by atoms with Crippen molar-refractivity contribution >= 4 is 56.5 Å². The summed E-state index contributed by atoms with van der Waals surface area (Å²) in [5, 5.41) is 0. The van der Waals surface area contributed by atoms with Crippen molar-refractivity contribution < 1.29 is 4.74 Å². The average molecular weight is 258 g/mol. The average Bonchev–Trinajstić information content (AvgIpc) is 2.41. The summed E-state index contributed by atoms with van der Waals surface area (Å²) in [5.41, 5.74) is 0. The van der Waals surface area contributed by atoms with Gasteiger partial charge in [0.15, 0.2) is 0 Å². The maximum absolute atomic E-state index is 5.08. The van der Waals surface area contributed by atoms with Gasteiger partial charge in [-0.05, 0) is 23.5 Å². The molecule has 1 nitrogen and oxygen atoms in total. The minimum absolute atomic E-state index is 0.650. The van der Waals surface area contributed by atoms with Crippen molar-refractivity contribution in [3.8, 4) is 0 Å². The highest BCUT2D eigenvalue weighted by Gasteiger charge is 2.17. The highest BCUT2D eigenvalue weighted by molar-refractivity contribution is 8.24. The first-order valence-electron chi connectivity index (χ1n) is 3.00. The lowest BCUT2D eigenvalue weighted by Gasteiger charge is -1.99. The van der Waals surface area contributed by atoms with Crippen molar-refractivity contribution in [2.45, 2.75) is 16.0 Å². The minimum atomic E-state index is -1.36. The molecule has 0 radical (unpaired) electrons. The zero-order valence-electron chi connectivity index (χ0n) is 5.66. The molecule has 1 saturated heterocycles. The molecule has 11 heavy (non-hydrogen) atoms. The molecule has 0 atom stereocenters. The quantitative estimate of drug-likeness (QED) is 0.607. The molecule has 0 spiro atoms. The van der Waals surface area contributed by atoms with Crippen LogP contribution in [0.2, 0.25) is 0 Å². The molecule has 0 aromatic rings. The van der Waals surface area contributed by atoms with Crippen LogP contribution in [0.25, 0.3) is 0 Å². The number of hydrogen-bond donors (Lipinski definition) is 0. The van der Waals surface area contributed by atoms with E-state index >= 15 is 0 Å². The van der Waals surface area contributed by atoms with Gasteiger partial charge >= 0.3 is 0 Å². The Hall–Kier alpha value is 1.47. The van der Waals surface area contributed by atoms with Crippen LogP contribution in [0.3, 0.4) is 0 Å². The summed E-state index contributed by atoms with van der Waals surface area (Å²) in [6, 6.07) is 0. The van der Waals surface area contributed by atoms with Crippen LogP contribution in [-0.4, -0.2) is 16.3 Å². The molecule has 1 rings (SSSR count). The summed E-state index contributed by atoms with van der Waals surface area (Å²) in [6.07, 6.45) is 2.56. The third-order valence-corrected chi connectivity index (χ3v) is 3.19. The number of halogens is 4. The second-order valence-electron chi connectivity index (χ2n) is 1.84. The topological polar surface area (TPSA) is 9.23 Å². The first-order valence-corrected chi connectivity index (χ1v) is 5.78. The molecule has 1 aliphatic rings. The molecule has 0 saturated carbocycles. The van der Waals surface area contributed by atoms with Crippen molar-refractivity contribution in [1.82, 2.24) is 0 Å². The summed E-state index contributed by atoms with van der Waals surface area (Å²) in [4.78, 5) is 0. The van der Waals surface area contributed by atoms with Gasteiger partial charge in [0.1, 0.15) is 0 Å². The second-order valence-corrected chi connectivity index (χ2v) is 6.03. The van der Waals surface area contributed by atoms with E-state index in [1.54, 1.807) is 0 Å². The first kappa shape index (κ1) is 12.5. The molecular formula is C5H8Cl4OS. The van der Waals surface area contributed by atoms with E-state index < -0.39 is 3.12 Å². The highest BCUT2D eigenvalue weighted by atomic mass is 35.7. The normalized spacial score (nSPS) is 17.5.